The minimum Gasteiger partial charge on any atom is -0.477 e. The summed E-state index contributed by atoms with van der Waals surface area (Å²) in [5, 5.41) is 11.8. The summed E-state index contributed by atoms with van der Waals surface area (Å²) in [6.45, 7) is 3.88. The molecule has 0 saturated heterocycles. The lowest BCUT2D eigenvalue weighted by Gasteiger charge is -2.22. The average Bonchev–Trinajstić information content (AvgIpc) is 2.87. The number of carboxylic acids is 1. The third-order valence-electron chi connectivity index (χ3n) is 4.75. The smallest absolute Gasteiger partial charge is 0.351 e. The van der Waals surface area contributed by atoms with E-state index in [1.165, 1.54) is 0 Å². The van der Waals surface area contributed by atoms with Crippen molar-refractivity contribution in [3.05, 3.63) is 66.2 Å². The number of nitrogens with zero attached hydrogens (tertiary/aromatic N) is 1. The van der Waals surface area contributed by atoms with E-state index >= 15 is 0 Å². The van der Waals surface area contributed by atoms with Gasteiger partial charge in [0.15, 0.2) is 0 Å². The molecule has 3 heteroatoms. The molecule has 0 fully saturated rings. The summed E-state index contributed by atoms with van der Waals surface area (Å²) in [6.07, 6.45) is 0. The van der Waals surface area contributed by atoms with Crippen LogP contribution in [-0.4, -0.2) is 16.8 Å². The molecule has 0 atom stereocenters. The van der Waals surface area contributed by atoms with Gasteiger partial charge in [-0.3, -0.25) is 0 Å². The van der Waals surface area contributed by atoms with Gasteiger partial charge in [0.25, 0.3) is 0 Å². The summed E-state index contributed by atoms with van der Waals surface area (Å²) in [4.78, 5) is 16.3. The van der Waals surface area contributed by atoms with Crippen LogP contribution in [0.3, 0.4) is 0 Å². The zero-order chi connectivity index (χ0) is 16.9. The van der Waals surface area contributed by atoms with E-state index in [2.05, 4.69) is 17.1 Å². The van der Waals surface area contributed by atoms with Crippen molar-refractivity contribution in [2.75, 3.05) is 0 Å². The van der Waals surface area contributed by atoms with Crippen LogP contribution in [0.1, 0.15) is 19.4 Å². The quantitative estimate of drug-likeness (QED) is 0.727. The molecular formula is C21H17NO2. The first-order valence-corrected chi connectivity index (χ1v) is 7.94. The number of benzene rings is 3. The lowest BCUT2D eigenvalue weighted by Crippen LogP contribution is -2.32. The van der Waals surface area contributed by atoms with E-state index in [1.807, 2.05) is 62.4 Å². The molecule has 0 amide bonds. The van der Waals surface area contributed by atoms with Crippen molar-refractivity contribution in [2.45, 2.75) is 19.3 Å². The van der Waals surface area contributed by atoms with E-state index in [0.717, 1.165) is 33.2 Å². The van der Waals surface area contributed by atoms with Crippen LogP contribution < -0.4 is 0 Å². The minimum absolute atomic E-state index is 0.200. The van der Waals surface area contributed by atoms with Gasteiger partial charge in [0.2, 0.25) is 0 Å². The van der Waals surface area contributed by atoms with Gasteiger partial charge in [-0.25, -0.2) is 9.79 Å². The molecule has 0 radical (unpaired) electrons. The van der Waals surface area contributed by atoms with Gasteiger partial charge in [-0.15, -0.1) is 0 Å². The van der Waals surface area contributed by atoms with Crippen LogP contribution in [0.25, 0.3) is 21.9 Å². The van der Waals surface area contributed by atoms with Gasteiger partial charge in [0, 0.05) is 11.0 Å². The van der Waals surface area contributed by atoms with E-state index in [-0.39, 0.29) is 5.71 Å². The SMILES string of the molecule is CC1(C)C(C(=O)O)=Nc2c(-c3ccccc3)cc3ccccc3c21. The molecule has 1 aliphatic rings. The first kappa shape index (κ1) is 14.6. The Kier molecular flexibility index (Phi) is 3.07. The Morgan fingerprint density at radius 3 is 2.38 bits per heavy atom. The zero-order valence-electron chi connectivity index (χ0n) is 13.6. The molecule has 0 spiro atoms. The van der Waals surface area contributed by atoms with E-state index in [4.69, 9.17) is 0 Å². The predicted molar refractivity (Wildman–Crippen MR) is 97.1 cm³/mol. The normalized spacial score (nSPS) is 15.2. The molecule has 0 aromatic heterocycles. The summed E-state index contributed by atoms with van der Waals surface area (Å²) in [5.74, 6) is -0.959. The molecule has 3 nitrogen and oxygen atoms in total. The summed E-state index contributed by atoms with van der Waals surface area (Å²) in [7, 11) is 0. The van der Waals surface area contributed by atoms with Gasteiger partial charge in [-0.1, -0.05) is 54.6 Å². The Bertz CT molecular complexity index is 1000. The van der Waals surface area contributed by atoms with Crippen molar-refractivity contribution in [3.8, 4) is 11.1 Å². The fraction of sp³-hybridized carbons (Fsp3) is 0.143. The molecule has 1 heterocycles. The van der Waals surface area contributed by atoms with Crippen molar-refractivity contribution >= 4 is 28.1 Å². The van der Waals surface area contributed by atoms with Crippen molar-refractivity contribution in [1.82, 2.24) is 0 Å². The second-order valence-corrected chi connectivity index (χ2v) is 6.63. The van der Waals surface area contributed by atoms with Crippen molar-refractivity contribution < 1.29 is 9.90 Å². The largest absolute Gasteiger partial charge is 0.477 e. The van der Waals surface area contributed by atoms with Gasteiger partial charge in [-0.05, 0) is 41.8 Å². The Hall–Kier alpha value is -2.94. The molecule has 3 aromatic carbocycles. The maximum Gasteiger partial charge on any atom is 0.351 e. The molecule has 0 bridgehead atoms. The monoisotopic (exact) mass is 315 g/mol. The van der Waals surface area contributed by atoms with Crippen LogP contribution in [0.4, 0.5) is 5.69 Å². The van der Waals surface area contributed by atoms with Crippen molar-refractivity contribution in [3.63, 3.8) is 0 Å². The molecule has 1 N–H and O–H groups in total. The van der Waals surface area contributed by atoms with Gasteiger partial charge in [-0.2, -0.15) is 0 Å². The Morgan fingerprint density at radius 1 is 1.00 bits per heavy atom. The molecule has 118 valence electrons. The minimum atomic E-state index is -0.959. The maximum absolute atomic E-state index is 11.7. The molecule has 24 heavy (non-hydrogen) atoms. The van der Waals surface area contributed by atoms with Crippen LogP contribution in [-0.2, 0) is 10.2 Å². The highest BCUT2D eigenvalue weighted by Crippen LogP contribution is 2.49. The van der Waals surface area contributed by atoms with Crippen LogP contribution >= 0.6 is 0 Å². The standard InChI is InChI=1S/C21H17NO2/c1-21(2)17-15-11-7-6-10-14(15)12-16(13-8-4-3-5-9-13)18(17)22-19(21)20(23)24/h3-12H,1-2H3,(H,23,24). The number of rotatable bonds is 2. The second-order valence-electron chi connectivity index (χ2n) is 6.63. The molecule has 4 rings (SSSR count). The van der Waals surface area contributed by atoms with E-state index in [0.29, 0.717) is 0 Å². The van der Waals surface area contributed by atoms with Crippen LogP contribution in [0.5, 0.6) is 0 Å². The molecule has 1 aliphatic heterocycles. The topological polar surface area (TPSA) is 49.7 Å². The first-order valence-electron chi connectivity index (χ1n) is 7.94. The Labute approximate surface area is 140 Å². The Morgan fingerprint density at radius 2 is 1.67 bits per heavy atom. The highest BCUT2D eigenvalue weighted by Gasteiger charge is 2.41. The van der Waals surface area contributed by atoms with Crippen LogP contribution in [0, 0.1) is 0 Å². The lowest BCUT2D eigenvalue weighted by atomic mass is 9.78. The predicted octanol–water partition coefficient (Wildman–Crippen LogP) is 4.96. The van der Waals surface area contributed by atoms with E-state index in [1.54, 1.807) is 0 Å². The number of aliphatic imine (C=N–C) groups is 1. The Balaban J connectivity index is 2.14. The third kappa shape index (κ3) is 1.98. The van der Waals surface area contributed by atoms with Crippen LogP contribution in [0.2, 0.25) is 0 Å². The summed E-state index contributed by atoms with van der Waals surface area (Å²) >= 11 is 0. The molecule has 0 saturated carbocycles. The zero-order valence-corrected chi connectivity index (χ0v) is 13.6. The third-order valence-corrected chi connectivity index (χ3v) is 4.75. The summed E-state index contributed by atoms with van der Waals surface area (Å²) in [6, 6.07) is 20.2. The van der Waals surface area contributed by atoms with Gasteiger partial charge in [0.05, 0.1) is 5.69 Å². The van der Waals surface area contributed by atoms with Crippen molar-refractivity contribution in [2.24, 2.45) is 4.99 Å². The summed E-state index contributed by atoms with van der Waals surface area (Å²) < 4.78 is 0. The number of carbonyl (C=O) groups is 1. The van der Waals surface area contributed by atoms with Gasteiger partial charge < -0.3 is 5.11 Å². The fourth-order valence-corrected chi connectivity index (χ4v) is 3.61. The molecule has 0 aliphatic carbocycles. The lowest BCUT2D eigenvalue weighted by molar-refractivity contribution is -0.129. The highest BCUT2D eigenvalue weighted by molar-refractivity contribution is 6.42. The number of carboxylic acid groups (broad SMARTS) is 1. The number of fused-ring (bicyclic) bond motifs is 3. The van der Waals surface area contributed by atoms with E-state index < -0.39 is 11.4 Å². The molecular weight excluding hydrogens is 298 g/mol. The number of hydrogen-bond donors (Lipinski definition) is 1. The van der Waals surface area contributed by atoms with Crippen molar-refractivity contribution in [1.29, 1.82) is 0 Å². The molecule has 0 unspecified atom stereocenters. The number of aliphatic carboxylic acids is 1. The highest BCUT2D eigenvalue weighted by atomic mass is 16.4. The molecule has 3 aromatic rings. The first-order chi connectivity index (χ1) is 11.5. The van der Waals surface area contributed by atoms with Gasteiger partial charge >= 0.3 is 5.97 Å². The van der Waals surface area contributed by atoms with E-state index in [9.17, 15) is 9.90 Å². The second kappa shape index (κ2) is 5.03. The summed E-state index contributed by atoms with van der Waals surface area (Å²) in [5.41, 5.74) is 3.37. The average molecular weight is 315 g/mol. The maximum atomic E-state index is 11.7. The van der Waals surface area contributed by atoms with Gasteiger partial charge in [0.1, 0.15) is 5.71 Å². The number of hydrogen-bond acceptors (Lipinski definition) is 2. The fourth-order valence-electron chi connectivity index (χ4n) is 3.61. The van der Waals surface area contributed by atoms with Crippen LogP contribution in [0.15, 0.2) is 65.7 Å².